The Morgan fingerprint density at radius 3 is 1.68 bits per heavy atom. The number of nitrogens with zero attached hydrogens (tertiary/aromatic N) is 1. The Balaban J connectivity index is 0.000000187. The molecule has 1 heterocycles. The summed E-state index contributed by atoms with van der Waals surface area (Å²) in [5, 5.41) is 10.8. The number of hydrogen-bond donors (Lipinski definition) is 0. The number of pyridine rings is 1. The van der Waals surface area contributed by atoms with E-state index in [1.54, 1.807) is 0 Å². The second-order valence-corrected chi connectivity index (χ2v) is 12.3. The highest BCUT2D eigenvalue weighted by atomic mass is 28.3. The fourth-order valence-corrected chi connectivity index (χ4v) is 8.41. The van der Waals surface area contributed by atoms with Crippen LogP contribution >= 0.6 is 0 Å². The van der Waals surface area contributed by atoms with Crippen LogP contribution in [0.2, 0.25) is 0 Å². The number of hydrogen-bond acceptors (Lipinski definition) is 2. The molecule has 0 spiro atoms. The van der Waals surface area contributed by atoms with Crippen molar-refractivity contribution in [1.82, 2.24) is 4.98 Å². The van der Waals surface area contributed by atoms with Crippen molar-refractivity contribution in [1.29, 1.82) is 0 Å². The van der Waals surface area contributed by atoms with Crippen LogP contribution in [0.3, 0.4) is 0 Å². The fourth-order valence-electron chi connectivity index (χ4n) is 5.26. The average Bonchev–Trinajstić information content (AvgIpc) is 3.02. The quantitative estimate of drug-likeness (QED) is 0.186. The molecule has 0 fully saturated rings. The third-order valence-electron chi connectivity index (χ3n) is 7.13. The first-order chi connectivity index (χ1) is 19.7. The number of fused-ring (bicyclic) bond motifs is 3. The van der Waals surface area contributed by atoms with E-state index >= 15 is 0 Å². The predicted octanol–water partition coefficient (Wildman–Crippen LogP) is 6.51. The van der Waals surface area contributed by atoms with Crippen LogP contribution in [0.4, 0.5) is 0 Å². The molecule has 2 nitrogen and oxygen atoms in total. The summed E-state index contributed by atoms with van der Waals surface area (Å²) in [4.78, 5) is 4.41. The van der Waals surface area contributed by atoms with Crippen LogP contribution in [0, 0.1) is 6.92 Å². The van der Waals surface area contributed by atoms with E-state index in [4.69, 9.17) is 3.79 Å². The number of aryl methyl sites for hydroxylation is 1. The highest BCUT2D eigenvalue weighted by Gasteiger charge is 2.23. The third kappa shape index (κ3) is 5.30. The Kier molecular flexibility index (Phi) is 7.75. The van der Waals surface area contributed by atoms with E-state index in [0.717, 1.165) is 22.3 Å². The van der Waals surface area contributed by atoms with Gasteiger partial charge >= 0.3 is 16.6 Å². The molecule has 7 rings (SSSR count). The van der Waals surface area contributed by atoms with E-state index < -0.39 is 8.80 Å². The summed E-state index contributed by atoms with van der Waals surface area (Å²) in [6.45, 7) is 1.97. The Hall–Kier alpha value is -4.20. The topological polar surface area (TPSA) is 22.1 Å². The SMILES string of the molecule is Cc1ccc2cccc([O][Al])c2n1.c1ccc([Si](c2cccc3ccccc23)c2cccc3ccccc23)cc1. The molecule has 0 atom stereocenters. The number of rotatable bonds is 4. The first kappa shape index (κ1) is 26.0. The van der Waals surface area contributed by atoms with Crippen LogP contribution in [-0.4, -0.2) is 30.4 Å². The van der Waals surface area contributed by atoms with Gasteiger partial charge in [0.25, 0.3) is 0 Å². The van der Waals surface area contributed by atoms with E-state index in [9.17, 15) is 0 Å². The van der Waals surface area contributed by atoms with Gasteiger partial charge in [-0.2, -0.15) is 0 Å². The van der Waals surface area contributed by atoms with Gasteiger partial charge in [0, 0.05) is 11.1 Å². The Morgan fingerprint density at radius 1 is 0.525 bits per heavy atom. The average molecular weight is 545 g/mol. The van der Waals surface area contributed by atoms with E-state index in [-0.39, 0.29) is 0 Å². The molecule has 0 N–H and O–H groups in total. The van der Waals surface area contributed by atoms with Gasteiger partial charge in [-0.05, 0) is 51.0 Å². The van der Waals surface area contributed by atoms with E-state index in [0.29, 0.717) is 0 Å². The lowest BCUT2D eigenvalue weighted by Gasteiger charge is -2.20. The first-order valence-electron chi connectivity index (χ1n) is 13.3. The van der Waals surface area contributed by atoms with Crippen LogP contribution in [0.1, 0.15) is 5.69 Å². The van der Waals surface area contributed by atoms with Gasteiger partial charge in [-0.3, -0.25) is 0 Å². The third-order valence-corrected chi connectivity index (χ3v) is 10.2. The lowest BCUT2D eigenvalue weighted by Crippen LogP contribution is -2.52. The van der Waals surface area contributed by atoms with Gasteiger partial charge in [0.2, 0.25) is 0 Å². The summed E-state index contributed by atoms with van der Waals surface area (Å²) >= 11 is 2.24. The maximum absolute atomic E-state index is 5.14. The highest BCUT2D eigenvalue weighted by molar-refractivity contribution is 6.98. The molecule has 0 amide bonds. The molecule has 6 aromatic carbocycles. The van der Waals surface area contributed by atoms with Crippen LogP contribution in [0.25, 0.3) is 32.4 Å². The monoisotopic (exact) mass is 544 g/mol. The first-order valence-corrected chi connectivity index (χ1v) is 15.3. The molecule has 0 saturated heterocycles. The van der Waals surface area contributed by atoms with Crippen molar-refractivity contribution in [2.45, 2.75) is 6.92 Å². The molecular formula is C36H27AlNOSi. The summed E-state index contributed by atoms with van der Waals surface area (Å²) in [5.41, 5.74) is 1.92. The minimum absolute atomic E-state index is 0.797. The van der Waals surface area contributed by atoms with Crippen molar-refractivity contribution in [2.24, 2.45) is 0 Å². The molecule has 40 heavy (non-hydrogen) atoms. The summed E-state index contributed by atoms with van der Waals surface area (Å²) in [7, 11) is -1.13. The lowest BCUT2D eigenvalue weighted by molar-refractivity contribution is 0.622. The zero-order valence-corrected chi connectivity index (χ0v) is 24.4. The van der Waals surface area contributed by atoms with Gasteiger partial charge in [-0.25, -0.2) is 4.98 Å². The summed E-state index contributed by atoms with van der Waals surface area (Å²) in [6, 6.07) is 51.9. The van der Waals surface area contributed by atoms with Gasteiger partial charge < -0.3 is 3.79 Å². The zero-order chi connectivity index (χ0) is 27.3. The maximum atomic E-state index is 5.14. The molecule has 1 aromatic heterocycles. The normalized spacial score (nSPS) is 10.9. The van der Waals surface area contributed by atoms with Gasteiger partial charge in [0.05, 0.1) is 0 Å². The summed E-state index contributed by atoms with van der Waals surface area (Å²) < 4.78 is 5.14. The van der Waals surface area contributed by atoms with Crippen molar-refractivity contribution in [3.63, 3.8) is 0 Å². The molecule has 0 unspecified atom stereocenters. The zero-order valence-electron chi connectivity index (χ0n) is 22.3. The van der Waals surface area contributed by atoms with Crippen LogP contribution in [-0.2, 0) is 0 Å². The van der Waals surface area contributed by atoms with Crippen molar-refractivity contribution in [2.75, 3.05) is 0 Å². The van der Waals surface area contributed by atoms with Crippen LogP contribution in [0.5, 0.6) is 5.75 Å². The standard InChI is InChI=1S/C26H19Si.C10H9NO.Al/c1-2-14-22(15-3-1)27(25-18-8-12-20-10-4-6-16-23(20)25)26-19-9-13-21-11-5-7-17-24(21)26;1-7-5-6-8-3-2-4-9(12)10(8)11-7;/h1-19H;2-6,12H,1H3;/q;;+1/p-1. The Morgan fingerprint density at radius 2 is 1.05 bits per heavy atom. The van der Waals surface area contributed by atoms with Gasteiger partial charge in [0.15, 0.2) is 8.80 Å². The fraction of sp³-hybridized carbons (Fsp3) is 0.0278. The minimum Gasteiger partial charge on any atom is -0.652 e. The molecular weight excluding hydrogens is 517 g/mol. The van der Waals surface area contributed by atoms with Crippen molar-refractivity contribution >= 4 is 73.4 Å². The van der Waals surface area contributed by atoms with Crippen LogP contribution in [0.15, 0.2) is 146 Å². The molecule has 0 bridgehead atoms. The van der Waals surface area contributed by atoms with E-state index in [2.05, 4.69) is 137 Å². The predicted molar refractivity (Wildman–Crippen MR) is 172 cm³/mol. The molecule has 0 aliphatic heterocycles. The molecule has 4 heteroatoms. The van der Waals surface area contributed by atoms with Gasteiger partial charge in [-0.15, -0.1) is 0 Å². The summed E-state index contributed by atoms with van der Waals surface area (Å²) in [5.74, 6) is 0.797. The van der Waals surface area contributed by atoms with Crippen molar-refractivity contribution < 1.29 is 3.79 Å². The van der Waals surface area contributed by atoms with E-state index in [1.807, 2.05) is 37.3 Å². The van der Waals surface area contributed by atoms with Gasteiger partial charge in [0.1, 0.15) is 11.3 Å². The lowest BCUT2D eigenvalue weighted by atomic mass is 10.1. The van der Waals surface area contributed by atoms with E-state index in [1.165, 1.54) is 37.1 Å². The molecule has 0 aliphatic carbocycles. The Labute approximate surface area is 245 Å². The molecule has 7 aromatic rings. The summed E-state index contributed by atoms with van der Waals surface area (Å²) in [6.07, 6.45) is 0. The molecule has 3 radical (unpaired) electrons. The maximum Gasteiger partial charge on any atom is 0.482 e. The minimum atomic E-state index is -1.13. The number of benzene rings is 6. The molecule has 0 aliphatic rings. The molecule has 189 valence electrons. The Bertz CT molecular complexity index is 1830. The smallest absolute Gasteiger partial charge is 0.482 e. The van der Waals surface area contributed by atoms with Gasteiger partial charge in [-0.1, -0.05) is 139 Å². The van der Waals surface area contributed by atoms with Crippen molar-refractivity contribution in [3.05, 3.63) is 151 Å². The molecule has 0 saturated carbocycles. The number of para-hydroxylation sites is 1. The second kappa shape index (κ2) is 11.9. The van der Waals surface area contributed by atoms with Crippen molar-refractivity contribution in [3.8, 4) is 5.75 Å². The van der Waals surface area contributed by atoms with Crippen LogP contribution < -0.4 is 19.3 Å². The largest absolute Gasteiger partial charge is 0.652 e. The highest BCUT2D eigenvalue weighted by Crippen LogP contribution is 2.23. The number of aromatic nitrogens is 1. The second-order valence-electron chi connectivity index (χ2n) is 9.69.